The molecule has 1 amide bonds. The van der Waals surface area contributed by atoms with Crippen LogP contribution in [0.3, 0.4) is 0 Å². The van der Waals surface area contributed by atoms with Gasteiger partial charge in [-0.2, -0.15) is 4.31 Å². The van der Waals surface area contributed by atoms with Crippen molar-refractivity contribution in [2.75, 3.05) is 13.1 Å². The number of piperidine rings is 1. The molecular weight excluding hydrogens is 385 g/mol. The van der Waals surface area contributed by atoms with Crippen LogP contribution in [0.25, 0.3) is 0 Å². The Balaban J connectivity index is 1.67. The lowest BCUT2D eigenvalue weighted by Crippen LogP contribution is -2.45. The van der Waals surface area contributed by atoms with Crippen molar-refractivity contribution >= 4 is 15.9 Å². The molecule has 1 N–H and O–H groups in total. The molecule has 1 atom stereocenters. The van der Waals surface area contributed by atoms with Gasteiger partial charge in [-0.15, -0.1) is 0 Å². The first-order chi connectivity index (χ1) is 13.2. The quantitative estimate of drug-likeness (QED) is 0.819. The molecular formula is C19H24FN3O4S. The average molecular weight is 409 g/mol. The van der Waals surface area contributed by atoms with Gasteiger partial charge in [0.2, 0.25) is 15.9 Å². The molecule has 9 heteroatoms. The third-order valence-electron chi connectivity index (χ3n) is 5.02. The molecule has 1 fully saturated rings. The van der Waals surface area contributed by atoms with Gasteiger partial charge in [-0.1, -0.05) is 17.3 Å². The van der Waals surface area contributed by atoms with Gasteiger partial charge in [0.05, 0.1) is 5.92 Å². The van der Waals surface area contributed by atoms with Crippen molar-refractivity contribution in [3.63, 3.8) is 0 Å². The second kappa shape index (κ2) is 8.00. The van der Waals surface area contributed by atoms with E-state index >= 15 is 0 Å². The summed E-state index contributed by atoms with van der Waals surface area (Å²) in [6.07, 6.45) is 1.18. The Bertz CT molecular complexity index is 968. The number of aromatic nitrogens is 1. The van der Waals surface area contributed by atoms with Crippen LogP contribution in [0.4, 0.5) is 4.39 Å². The zero-order valence-electron chi connectivity index (χ0n) is 16.2. The first-order valence-corrected chi connectivity index (χ1v) is 10.6. The van der Waals surface area contributed by atoms with Crippen LogP contribution in [0.5, 0.6) is 0 Å². The number of nitrogens with zero attached hydrogens (tertiary/aromatic N) is 2. The van der Waals surface area contributed by atoms with Crippen LogP contribution in [0.15, 0.2) is 27.6 Å². The van der Waals surface area contributed by atoms with Gasteiger partial charge in [0, 0.05) is 19.6 Å². The standard InChI is InChI=1S/C19H24FN3O4S/c1-12-6-7-15(9-17(12)20)10-21-19(24)16-5-4-8-23(11-16)28(25,26)18-13(2)22-27-14(18)3/h6-7,9,16H,4-5,8,10-11H2,1-3H3,(H,21,24). The van der Waals surface area contributed by atoms with E-state index in [1.54, 1.807) is 32.9 Å². The van der Waals surface area contributed by atoms with Crippen molar-refractivity contribution in [2.45, 2.75) is 45.1 Å². The van der Waals surface area contributed by atoms with Gasteiger partial charge >= 0.3 is 0 Å². The largest absolute Gasteiger partial charge is 0.360 e. The number of benzene rings is 1. The minimum Gasteiger partial charge on any atom is -0.360 e. The van der Waals surface area contributed by atoms with Gasteiger partial charge in [0.15, 0.2) is 5.76 Å². The number of hydrogen-bond donors (Lipinski definition) is 1. The monoisotopic (exact) mass is 409 g/mol. The minimum absolute atomic E-state index is 0.0729. The van der Waals surface area contributed by atoms with Crippen molar-refractivity contribution < 1.29 is 22.1 Å². The maximum atomic E-state index is 13.6. The van der Waals surface area contributed by atoms with Crippen molar-refractivity contribution in [3.05, 3.63) is 46.6 Å². The molecule has 2 aromatic rings. The minimum atomic E-state index is -3.78. The number of nitrogens with one attached hydrogen (secondary N) is 1. The summed E-state index contributed by atoms with van der Waals surface area (Å²) in [4.78, 5) is 12.6. The molecule has 1 aliphatic rings. The first-order valence-electron chi connectivity index (χ1n) is 9.16. The summed E-state index contributed by atoms with van der Waals surface area (Å²) in [5.74, 6) is -0.773. The number of hydrogen-bond acceptors (Lipinski definition) is 5. The highest BCUT2D eigenvalue weighted by Gasteiger charge is 2.36. The van der Waals surface area contributed by atoms with Crippen LogP contribution in [-0.2, 0) is 21.4 Å². The van der Waals surface area contributed by atoms with E-state index in [1.807, 2.05) is 0 Å². The predicted octanol–water partition coefficient (Wildman–Crippen LogP) is 2.46. The van der Waals surface area contributed by atoms with Crippen molar-refractivity contribution in [3.8, 4) is 0 Å². The number of carbonyl (C=O) groups excluding carboxylic acids is 1. The highest BCUT2D eigenvalue weighted by Crippen LogP contribution is 2.27. The van der Waals surface area contributed by atoms with E-state index in [1.165, 1.54) is 10.4 Å². The Labute approximate surface area is 163 Å². The van der Waals surface area contributed by atoms with Gasteiger partial charge in [0.25, 0.3) is 0 Å². The molecule has 1 aromatic heterocycles. The van der Waals surface area contributed by atoms with Crippen LogP contribution < -0.4 is 5.32 Å². The number of carbonyl (C=O) groups is 1. The van der Waals surface area contributed by atoms with E-state index in [4.69, 9.17) is 4.52 Å². The summed E-state index contributed by atoms with van der Waals surface area (Å²) >= 11 is 0. The lowest BCUT2D eigenvalue weighted by molar-refractivity contribution is -0.126. The Morgan fingerprint density at radius 1 is 1.36 bits per heavy atom. The van der Waals surface area contributed by atoms with Gasteiger partial charge in [-0.3, -0.25) is 4.79 Å². The number of amides is 1. The zero-order chi connectivity index (χ0) is 20.5. The van der Waals surface area contributed by atoms with Crippen molar-refractivity contribution in [1.29, 1.82) is 0 Å². The van der Waals surface area contributed by atoms with E-state index in [2.05, 4.69) is 10.5 Å². The van der Waals surface area contributed by atoms with E-state index in [0.717, 1.165) is 0 Å². The smallest absolute Gasteiger partial charge is 0.248 e. The van der Waals surface area contributed by atoms with Crippen molar-refractivity contribution in [1.82, 2.24) is 14.8 Å². The fourth-order valence-electron chi connectivity index (χ4n) is 3.43. The van der Waals surface area contributed by atoms with Crippen LogP contribution in [0.2, 0.25) is 0 Å². The molecule has 3 rings (SSSR count). The molecule has 0 aliphatic carbocycles. The Morgan fingerprint density at radius 3 is 2.75 bits per heavy atom. The molecule has 2 heterocycles. The number of aryl methyl sites for hydroxylation is 3. The van der Waals surface area contributed by atoms with Crippen LogP contribution >= 0.6 is 0 Å². The van der Waals surface area contributed by atoms with Crippen LogP contribution in [-0.4, -0.2) is 36.9 Å². The molecule has 1 saturated heterocycles. The molecule has 0 bridgehead atoms. The number of sulfonamides is 1. The van der Waals surface area contributed by atoms with Gasteiger partial charge in [0.1, 0.15) is 16.4 Å². The summed E-state index contributed by atoms with van der Waals surface area (Å²) < 4.78 is 45.9. The maximum absolute atomic E-state index is 13.6. The Kier molecular flexibility index (Phi) is 5.85. The third-order valence-corrected chi connectivity index (χ3v) is 7.13. The topological polar surface area (TPSA) is 92.5 Å². The SMILES string of the molecule is Cc1ccc(CNC(=O)C2CCCN(S(=O)(=O)c3c(C)noc3C)C2)cc1F. The highest BCUT2D eigenvalue weighted by molar-refractivity contribution is 7.89. The molecule has 28 heavy (non-hydrogen) atoms. The van der Waals surface area contributed by atoms with E-state index in [9.17, 15) is 17.6 Å². The predicted molar refractivity (Wildman–Crippen MR) is 100 cm³/mol. The highest BCUT2D eigenvalue weighted by atomic mass is 32.2. The summed E-state index contributed by atoms with van der Waals surface area (Å²) in [5, 5.41) is 6.50. The molecule has 1 unspecified atom stereocenters. The fourth-order valence-corrected chi connectivity index (χ4v) is 5.24. The van der Waals surface area contributed by atoms with Crippen LogP contribution in [0, 0.1) is 32.5 Å². The fraction of sp³-hybridized carbons (Fsp3) is 0.474. The van der Waals surface area contributed by atoms with Crippen LogP contribution in [0.1, 0.15) is 35.4 Å². The van der Waals surface area contributed by atoms with Gasteiger partial charge in [-0.25, -0.2) is 12.8 Å². The zero-order valence-corrected chi connectivity index (χ0v) is 17.0. The summed E-state index contributed by atoms with van der Waals surface area (Å²) in [7, 11) is -3.78. The summed E-state index contributed by atoms with van der Waals surface area (Å²) in [5.41, 5.74) is 1.51. The molecule has 1 aromatic carbocycles. The van der Waals surface area contributed by atoms with Crippen molar-refractivity contribution in [2.24, 2.45) is 5.92 Å². The van der Waals surface area contributed by atoms with E-state index in [-0.39, 0.29) is 35.5 Å². The number of rotatable bonds is 5. The maximum Gasteiger partial charge on any atom is 0.248 e. The second-order valence-corrected chi connectivity index (χ2v) is 9.03. The average Bonchev–Trinajstić information content (AvgIpc) is 3.01. The third kappa shape index (κ3) is 4.10. The first kappa shape index (κ1) is 20.5. The molecule has 1 aliphatic heterocycles. The lowest BCUT2D eigenvalue weighted by Gasteiger charge is -2.31. The normalized spacial score (nSPS) is 18.2. The van der Waals surface area contributed by atoms with E-state index < -0.39 is 15.9 Å². The Hall–Kier alpha value is -2.26. The molecule has 0 spiro atoms. The molecule has 0 radical (unpaired) electrons. The molecule has 7 nitrogen and oxygen atoms in total. The van der Waals surface area contributed by atoms with Gasteiger partial charge < -0.3 is 9.84 Å². The molecule has 152 valence electrons. The number of halogens is 1. The van der Waals surface area contributed by atoms with E-state index in [0.29, 0.717) is 36.2 Å². The van der Waals surface area contributed by atoms with Gasteiger partial charge in [-0.05, 0) is 50.8 Å². The second-order valence-electron chi connectivity index (χ2n) is 7.16. The lowest BCUT2D eigenvalue weighted by atomic mass is 9.98. The summed E-state index contributed by atoms with van der Waals surface area (Å²) in [6, 6.07) is 4.81. The molecule has 0 saturated carbocycles. The Morgan fingerprint density at radius 2 is 2.11 bits per heavy atom. The summed E-state index contributed by atoms with van der Waals surface area (Å²) in [6.45, 7) is 5.46.